The third kappa shape index (κ3) is 4.47. The highest BCUT2D eigenvalue weighted by molar-refractivity contribution is 5.82. The van der Waals surface area contributed by atoms with Gasteiger partial charge in [-0.15, -0.1) is 0 Å². The third-order valence-electron chi connectivity index (χ3n) is 9.29. The molecule has 2 aromatic carbocycles. The zero-order chi connectivity index (χ0) is 25.3. The van der Waals surface area contributed by atoms with Crippen LogP contribution in [0.25, 0.3) is 0 Å². The summed E-state index contributed by atoms with van der Waals surface area (Å²) in [5.41, 5.74) is 2.43. The van der Waals surface area contributed by atoms with Gasteiger partial charge in [-0.1, -0.05) is 57.0 Å². The predicted octanol–water partition coefficient (Wildman–Crippen LogP) is 5.13. The summed E-state index contributed by atoms with van der Waals surface area (Å²) in [6.07, 6.45) is 4.73. The van der Waals surface area contributed by atoms with Gasteiger partial charge in [0.1, 0.15) is 0 Å². The minimum Gasteiger partial charge on any atom is -0.339 e. The van der Waals surface area contributed by atoms with E-state index in [2.05, 4.69) is 59.7 Å². The Kier molecular flexibility index (Phi) is 7.45. The lowest BCUT2D eigenvalue weighted by Gasteiger charge is -2.51. The Labute approximate surface area is 213 Å². The molecule has 3 aliphatic rings. The molecule has 0 aromatic heterocycles. The Morgan fingerprint density at radius 1 is 1.11 bits per heavy atom. The monoisotopic (exact) mass is 495 g/mol. The summed E-state index contributed by atoms with van der Waals surface area (Å²) in [6, 6.07) is 13.6. The second-order valence-corrected chi connectivity index (χ2v) is 11.0. The van der Waals surface area contributed by atoms with E-state index in [4.69, 9.17) is 0 Å². The Balaban J connectivity index is 1.48. The molecule has 2 N–H and O–H groups in total. The molecule has 194 valence electrons. The van der Waals surface area contributed by atoms with E-state index in [0.717, 1.165) is 56.3 Å². The van der Waals surface area contributed by atoms with Crippen LogP contribution in [0.4, 0.5) is 8.78 Å². The number of benzene rings is 2. The summed E-state index contributed by atoms with van der Waals surface area (Å²) in [5, 5.41) is 6.88. The van der Waals surface area contributed by atoms with Crippen LogP contribution in [0.15, 0.2) is 42.5 Å². The highest BCUT2D eigenvalue weighted by atomic mass is 19.2. The fraction of sp³-hybridized carbons (Fsp3) is 0.567. The van der Waals surface area contributed by atoms with Crippen LogP contribution in [0.1, 0.15) is 68.6 Å². The zero-order valence-corrected chi connectivity index (χ0v) is 21.5. The van der Waals surface area contributed by atoms with Gasteiger partial charge in [-0.05, 0) is 66.5 Å². The molecule has 2 saturated heterocycles. The van der Waals surface area contributed by atoms with Gasteiger partial charge in [0.2, 0.25) is 5.91 Å². The second kappa shape index (κ2) is 10.6. The summed E-state index contributed by atoms with van der Waals surface area (Å²) >= 11 is 0. The minimum absolute atomic E-state index is 0.171. The number of hydrogen-bond acceptors (Lipinski definition) is 3. The summed E-state index contributed by atoms with van der Waals surface area (Å²) in [6.45, 7) is 7.63. The molecule has 5 rings (SSSR count). The van der Waals surface area contributed by atoms with Crippen LogP contribution in [-0.4, -0.2) is 43.0 Å². The lowest BCUT2D eigenvalue weighted by Crippen LogP contribution is -2.62. The van der Waals surface area contributed by atoms with Crippen LogP contribution in [0, 0.1) is 23.5 Å². The molecule has 2 aromatic rings. The average molecular weight is 496 g/mol. The Morgan fingerprint density at radius 3 is 2.61 bits per heavy atom. The largest absolute Gasteiger partial charge is 0.339 e. The van der Waals surface area contributed by atoms with Crippen molar-refractivity contribution in [3.63, 3.8) is 0 Å². The van der Waals surface area contributed by atoms with Gasteiger partial charge in [0, 0.05) is 37.6 Å². The first-order valence-electron chi connectivity index (χ1n) is 13.7. The van der Waals surface area contributed by atoms with Crippen molar-refractivity contribution in [1.82, 2.24) is 15.5 Å². The number of carbonyl (C=O) groups excluding carboxylic acids is 1. The Bertz CT molecular complexity index is 1070. The summed E-state index contributed by atoms with van der Waals surface area (Å²) in [7, 11) is 0. The SMILES string of the molecule is CCC(CC)C1C[C@H](c2ccccc2)CCN1C(=O)[C@@H]1CNCC[C@]12CNCc1cc(F)c(F)cc12. The van der Waals surface area contributed by atoms with E-state index in [1.54, 1.807) is 0 Å². The Hall–Kier alpha value is -2.31. The topological polar surface area (TPSA) is 44.4 Å². The maximum absolute atomic E-state index is 14.5. The van der Waals surface area contributed by atoms with Crippen molar-refractivity contribution in [3.8, 4) is 0 Å². The van der Waals surface area contributed by atoms with Crippen molar-refractivity contribution in [1.29, 1.82) is 0 Å². The van der Waals surface area contributed by atoms with Gasteiger partial charge in [-0.3, -0.25) is 4.79 Å². The van der Waals surface area contributed by atoms with E-state index in [-0.39, 0.29) is 17.9 Å². The van der Waals surface area contributed by atoms with Crippen molar-refractivity contribution >= 4 is 5.91 Å². The van der Waals surface area contributed by atoms with E-state index in [1.165, 1.54) is 17.7 Å². The number of fused-ring (bicyclic) bond motifs is 2. The number of hydrogen-bond donors (Lipinski definition) is 2. The quantitative estimate of drug-likeness (QED) is 0.605. The van der Waals surface area contributed by atoms with Gasteiger partial charge in [-0.2, -0.15) is 0 Å². The third-order valence-corrected chi connectivity index (χ3v) is 9.29. The van der Waals surface area contributed by atoms with E-state index < -0.39 is 17.0 Å². The molecule has 2 fully saturated rings. The van der Waals surface area contributed by atoms with Crippen LogP contribution in [-0.2, 0) is 16.8 Å². The first-order chi connectivity index (χ1) is 17.5. The number of carbonyl (C=O) groups is 1. The van der Waals surface area contributed by atoms with Crippen LogP contribution in [0.2, 0.25) is 0 Å². The minimum atomic E-state index is -0.821. The summed E-state index contributed by atoms with van der Waals surface area (Å²) < 4.78 is 28.6. The van der Waals surface area contributed by atoms with Crippen LogP contribution < -0.4 is 10.6 Å². The van der Waals surface area contributed by atoms with Crippen LogP contribution >= 0.6 is 0 Å². The average Bonchev–Trinajstić information content (AvgIpc) is 2.91. The van der Waals surface area contributed by atoms with Crippen molar-refractivity contribution in [2.45, 2.75) is 69.9 Å². The lowest BCUT2D eigenvalue weighted by molar-refractivity contribution is -0.144. The highest BCUT2D eigenvalue weighted by Crippen LogP contribution is 2.45. The van der Waals surface area contributed by atoms with Crippen molar-refractivity contribution in [2.24, 2.45) is 11.8 Å². The fourth-order valence-electron chi connectivity index (χ4n) is 7.28. The molecule has 1 spiro atoms. The number of nitrogens with zero attached hydrogens (tertiary/aromatic N) is 1. The molecule has 4 nitrogen and oxygen atoms in total. The molecule has 0 saturated carbocycles. The zero-order valence-electron chi connectivity index (χ0n) is 21.5. The maximum atomic E-state index is 14.5. The smallest absolute Gasteiger partial charge is 0.228 e. The molecule has 0 bridgehead atoms. The van der Waals surface area contributed by atoms with Gasteiger partial charge in [0.05, 0.1) is 5.92 Å². The predicted molar refractivity (Wildman–Crippen MR) is 139 cm³/mol. The molecule has 3 heterocycles. The van der Waals surface area contributed by atoms with Crippen LogP contribution in [0.3, 0.4) is 0 Å². The lowest BCUT2D eigenvalue weighted by atomic mass is 9.62. The number of amides is 1. The van der Waals surface area contributed by atoms with Crippen molar-refractivity contribution < 1.29 is 13.6 Å². The van der Waals surface area contributed by atoms with Gasteiger partial charge in [-0.25, -0.2) is 8.78 Å². The van der Waals surface area contributed by atoms with Crippen LogP contribution in [0.5, 0.6) is 0 Å². The standard InChI is InChI=1S/C30H39F2N3O/c1-3-20(4-2)28-15-22(21-8-6-5-7-9-21)10-13-35(28)29(36)25-18-33-12-11-30(25)19-34-17-23-14-26(31)27(32)16-24(23)30/h5-9,14,16,20,22,25,28,33-34H,3-4,10-13,15,17-19H2,1-2H3/t22-,25+,28?,30-/m1/s1. The number of halogens is 2. The number of piperidine rings is 2. The second-order valence-electron chi connectivity index (χ2n) is 11.0. The Morgan fingerprint density at radius 2 is 1.86 bits per heavy atom. The van der Waals surface area contributed by atoms with Gasteiger partial charge >= 0.3 is 0 Å². The normalized spacial score (nSPS) is 28.4. The molecule has 0 radical (unpaired) electrons. The van der Waals surface area contributed by atoms with Crippen molar-refractivity contribution in [2.75, 3.05) is 26.2 Å². The number of likely N-dealkylation sites (tertiary alicyclic amines) is 1. The molecule has 36 heavy (non-hydrogen) atoms. The summed E-state index contributed by atoms with van der Waals surface area (Å²) in [4.78, 5) is 16.6. The molecule has 1 unspecified atom stereocenters. The molecular weight excluding hydrogens is 456 g/mol. The molecule has 1 amide bonds. The molecule has 0 aliphatic carbocycles. The maximum Gasteiger partial charge on any atom is 0.228 e. The first-order valence-corrected chi connectivity index (χ1v) is 13.7. The molecular formula is C30H39F2N3O. The number of rotatable bonds is 5. The van der Waals surface area contributed by atoms with Gasteiger partial charge < -0.3 is 15.5 Å². The molecule has 4 atom stereocenters. The van der Waals surface area contributed by atoms with E-state index in [9.17, 15) is 13.6 Å². The summed E-state index contributed by atoms with van der Waals surface area (Å²) in [5.74, 6) is -0.887. The number of nitrogens with one attached hydrogen (secondary N) is 2. The van der Waals surface area contributed by atoms with Gasteiger partial charge in [0.25, 0.3) is 0 Å². The van der Waals surface area contributed by atoms with E-state index in [1.807, 2.05) is 0 Å². The molecule has 3 aliphatic heterocycles. The highest BCUT2D eigenvalue weighted by Gasteiger charge is 2.51. The van der Waals surface area contributed by atoms with E-state index >= 15 is 0 Å². The van der Waals surface area contributed by atoms with Crippen molar-refractivity contribution in [3.05, 3.63) is 70.8 Å². The molecule has 6 heteroatoms. The van der Waals surface area contributed by atoms with Gasteiger partial charge in [0.15, 0.2) is 11.6 Å². The first kappa shape index (κ1) is 25.3. The van der Waals surface area contributed by atoms with E-state index in [0.29, 0.717) is 31.5 Å². The fourth-order valence-corrected chi connectivity index (χ4v) is 7.28.